The Balaban J connectivity index is 2.95. The topological polar surface area (TPSA) is 38.0 Å². The number of hydrazine groups is 1. The Bertz CT molecular complexity index is 328. The van der Waals surface area contributed by atoms with Crippen molar-refractivity contribution >= 4 is 11.6 Å². The van der Waals surface area contributed by atoms with Gasteiger partial charge in [0.2, 0.25) is 0 Å². The van der Waals surface area contributed by atoms with Crippen LogP contribution in [-0.4, -0.2) is 0 Å². The van der Waals surface area contributed by atoms with Crippen molar-refractivity contribution in [1.82, 2.24) is 5.43 Å². The van der Waals surface area contributed by atoms with Crippen LogP contribution in [0.15, 0.2) is 18.2 Å². The Morgan fingerprint density at radius 1 is 1.47 bits per heavy atom. The summed E-state index contributed by atoms with van der Waals surface area (Å²) in [6.07, 6.45) is 0.819. The van der Waals surface area contributed by atoms with Crippen molar-refractivity contribution in [3.63, 3.8) is 0 Å². The first-order chi connectivity index (χ1) is 7.04. The number of benzene rings is 1. The third-order valence-electron chi connectivity index (χ3n) is 2.24. The van der Waals surface area contributed by atoms with Crippen molar-refractivity contribution in [3.05, 3.63) is 34.6 Å². The normalized spacial score (nSPS) is 13.2. The van der Waals surface area contributed by atoms with Gasteiger partial charge in [-0.2, -0.15) is 0 Å². The molecule has 3 N–H and O–H groups in total. The highest BCUT2D eigenvalue weighted by atomic mass is 35.5. The molecular weight excluding hydrogens is 215 g/mol. The van der Waals surface area contributed by atoms with Crippen LogP contribution in [0.2, 0.25) is 5.02 Å². The van der Waals surface area contributed by atoms with Gasteiger partial charge in [0.05, 0.1) is 0 Å². The largest absolute Gasteiger partial charge is 0.271 e. The highest BCUT2D eigenvalue weighted by Crippen LogP contribution is 2.27. The molecule has 0 heterocycles. The fourth-order valence-electron chi connectivity index (χ4n) is 1.54. The molecule has 0 aliphatic carbocycles. The standard InChI is InChI=1S/C11H16ClFN2/c1-7(2)5-11(15-14)9-6-8(13)3-4-10(9)12/h3-4,6-7,11,15H,5,14H2,1-2H3. The summed E-state index contributed by atoms with van der Waals surface area (Å²) in [6.45, 7) is 4.16. The van der Waals surface area contributed by atoms with Crippen LogP contribution in [0.25, 0.3) is 0 Å². The zero-order valence-corrected chi connectivity index (χ0v) is 9.68. The molecule has 2 nitrogen and oxygen atoms in total. The van der Waals surface area contributed by atoms with E-state index in [1.165, 1.54) is 12.1 Å². The van der Waals surface area contributed by atoms with Gasteiger partial charge < -0.3 is 0 Å². The van der Waals surface area contributed by atoms with Gasteiger partial charge in [0.1, 0.15) is 5.82 Å². The van der Waals surface area contributed by atoms with Gasteiger partial charge in [0.15, 0.2) is 0 Å². The molecule has 0 bridgehead atoms. The number of nitrogens with one attached hydrogen (secondary N) is 1. The second-order valence-corrected chi connectivity index (χ2v) is 4.42. The SMILES string of the molecule is CC(C)CC(NN)c1cc(F)ccc1Cl. The van der Waals surface area contributed by atoms with Gasteiger partial charge in [-0.15, -0.1) is 0 Å². The molecule has 0 spiro atoms. The minimum atomic E-state index is -0.293. The number of halogens is 2. The van der Waals surface area contributed by atoms with Crippen molar-refractivity contribution < 1.29 is 4.39 Å². The number of hydrogen-bond donors (Lipinski definition) is 2. The Hall–Kier alpha value is -0.640. The van der Waals surface area contributed by atoms with Crippen LogP contribution in [-0.2, 0) is 0 Å². The molecule has 0 saturated heterocycles. The van der Waals surface area contributed by atoms with Crippen LogP contribution < -0.4 is 11.3 Å². The Labute approximate surface area is 94.6 Å². The Kier molecular flexibility index (Phi) is 4.51. The van der Waals surface area contributed by atoms with E-state index in [9.17, 15) is 4.39 Å². The van der Waals surface area contributed by atoms with Crippen molar-refractivity contribution in [2.75, 3.05) is 0 Å². The van der Waals surface area contributed by atoms with Crippen LogP contribution in [0.5, 0.6) is 0 Å². The molecule has 1 aromatic rings. The molecule has 15 heavy (non-hydrogen) atoms. The van der Waals surface area contributed by atoms with E-state index in [-0.39, 0.29) is 11.9 Å². The summed E-state index contributed by atoms with van der Waals surface area (Å²) in [7, 11) is 0. The van der Waals surface area contributed by atoms with Gasteiger partial charge in [-0.05, 0) is 36.1 Å². The summed E-state index contributed by atoms with van der Waals surface area (Å²) in [5.74, 6) is 5.61. The fraction of sp³-hybridized carbons (Fsp3) is 0.455. The zero-order valence-electron chi connectivity index (χ0n) is 8.93. The molecule has 0 saturated carbocycles. The van der Waals surface area contributed by atoms with Gasteiger partial charge in [0.25, 0.3) is 0 Å². The monoisotopic (exact) mass is 230 g/mol. The fourth-order valence-corrected chi connectivity index (χ4v) is 1.79. The quantitative estimate of drug-likeness (QED) is 0.617. The summed E-state index contributed by atoms with van der Waals surface area (Å²) in [5, 5.41) is 0.542. The average molecular weight is 231 g/mol. The molecule has 1 aromatic carbocycles. The summed E-state index contributed by atoms with van der Waals surface area (Å²) in [6, 6.07) is 4.22. The van der Waals surface area contributed by atoms with Crippen LogP contribution >= 0.6 is 11.6 Å². The first-order valence-corrected chi connectivity index (χ1v) is 5.33. The lowest BCUT2D eigenvalue weighted by Gasteiger charge is -2.19. The van der Waals surface area contributed by atoms with Gasteiger partial charge in [0, 0.05) is 11.1 Å². The van der Waals surface area contributed by atoms with E-state index in [1.807, 2.05) is 0 Å². The van der Waals surface area contributed by atoms with E-state index in [4.69, 9.17) is 17.4 Å². The molecule has 1 atom stereocenters. The number of hydrogen-bond acceptors (Lipinski definition) is 2. The van der Waals surface area contributed by atoms with Crippen molar-refractivity contribution in [1.29, 1.82) is 0 Å². The average Bonchev–Trinajstić information content (AvgIpc) is 2.18. The van der Waals surface area contributed by atoms with E-state index in [1.54, 1.807) is 6.07 Å². The lowest BCUT2D eigenvalue weighted by atomic mass is 9.97. The number of nitrogens with two attached hydrogens (primary N) is 1. The molecule has 0 amide bonds. The first-order valence-electron chi connectivity index (χ1n) is 4.95. The predicted octanol–water partition coefficient (Wildman–Crippen LogP) is 3.03. The number of rotatable bonds is 4. The van der Waals surface area contributed by atoms with Crippen LogP contribution in [0.3, 0.4) is 0 Å². The molecule has 1 unspecified atom stereocenters. The molecule has 4 heteroatoms. The van der Waals surface area contributed by atoms with E-state index in [0.717, 1.165) is 6.42 Å². The molecule has 0 fully saturated rings. The minimum absolute atomic E-state index is 0.104. The summed E-state index contributed by atoms with van der Waals surface area (Å²) in [4.78, 5) is 0. The maximum absolute atomic E-state index is 13.1. The van der Waals surface area contributed by atoms with Crippen LogP contribution in [0.1, 0.15) is 31.9 Å². The summed E-state index contributed by atoms with van der Waals surface area (Å²) in [5.41, 5.74) is 3.38. The van der Waals surface area contributed by atoms with Crippen molar-refractivity contribution in [2.45, 2.75) is 26.3 Å². The zero-order chi connectivity index (χ0) is 11.4. The van der Waals surface area contributed by atoms with Crippen molar-refractivity contribution in [3.8, 4) is 0 Å². The Morgan fingerprint density at radius 3 is 2.67 bits per heavy atom. The van der Waals surface area contributed by atoms with Crippen LogP contribution in [0.4, 0.5) is 4.39 Å². The minimum Gasteiger partial charge on any atom is -0.271 e. The van der Waals surface area contributed by atoms with E-state index < -0.39 is 0 Å². The van der Waals surface area contributed by atoms with E-state index in [0.29, 0.717) is 16.5 Å². The highest BCUT2D eigenvalue weighted by Gasteiger charge is 2.15. The maximum atomic E-state index is 13.1. The molecule has 0 aromatic heterocycles. The Morgan fingerprint density at radius 2 is 2.13 bits per heavy atom. The third-order valence-corrected chi connectivity index (χ3v) is 2.59. The highest BCUT2D eigenvalue weighted by molar-refractivity contribution is 6.31. The third kappa shape index (κ3) is 3.45. The second-order valence-electron chi connectivity index (χ2n) is 4.01. The smallest absolute Gasteiger partial charge is 0.123 e. The predicted molar refractivity (Wildman–Crippen MR) is 60.9 cm³/mol. The summed E-state index contributed by atoms with van der Waals surface area (Å²) < 4.78 is 13.1. The molecule has 84 valence electrons. The van der Waals surface area contributed by atoms with Gasteiger partial charge in [-0.1, -0.05) is 25.4 Å². The van der Waals surface area contributed by atoms with Crippen molar-refractivity contribution in [2.24, 2.45) is 11.8 Å². The molecule has 0 aliphatic rings. The molecule has 0 radical (unpaired) electrons. The summed E-state index contributed by atoms with van der Waals surface area (Å²) >= 11 is 5.99. The lowest BCUT2D eigenvalue weighted by Crippen LogP contribution is -2.29. The van der Waals surface area contributed by atoms with Gasteiger partial charge >= 0.3 is 0 Å². The molecule has 1 rings (SSSR count). The second kappa shape index (κ2) is 5.45. The molecule has 0 aliphatic heterocycles. The lowest BCUT2D eigenvalue weighted by molar-refractivity contribution is 0.436. The van der Waals surface area contributed by atoms with Gasteiger partial charge in [-0.3, -0.25) is 11.3 Å². The van der Waals surface area contributed by atoms with E-state index in [2.05, 4.69) is 19.3 Å². The van der Waals surface area contributed by atoms with Crippen LogP contribution in [0, 0.1) is 11.7 Å². The molecular formula is C11H16ClFN2. The maximum Gasteiger partial charge on any atom is 0.123 e. The van der Waals surface area contributed by atoms with Gasteiger partial charge in [-0.25, -0.2) is 4.39 Å². The van der Waals surface area contributed by atoms with E-state index >= 15 is 0 Å². The first kappa shape index (κ1) is 12.4.